The lowest BCUT2D eigenvalue weighted by molar-refractivity contribution is 0.307. The number of ether oxygens (including phenoxy) is 1. The number of nitrogens with zero attached hydrogens (tertiary/aromatic N) is 4. The first-order valence-electron chi connectivity index (χ1n) is 8.84. The van der Waals surface area contributed by atoms with E-state index in [0.29, 0.717) is 21.6 Å². The molecular weight excluding hydrogens is 426 g/mol. The van der Waals surface area contributed by atoms with Crippen molar-refractivity contribution in [3.05, 3.63) is 77.5 Å². The van der Waals surface area contributed by atoms with Crippen molar-refractivity contribution in [2.75, 3.05) is 4.72 Å². The zero-order valence-electron chi connectivity index (χ0n) is 15.8. The minimum atomic E-state index is -3.97. The van der Waals surface area contributed by atoms with E-state index in [9.17, 15) is 8.42 Å². The first-order valence-corrected chi connectivity index (χ1v) is 10.7. The molecule has 0 aliphatic heterocycles. The second kappa shape index (κ2) is 8.21. The Kier molecular flexibility index (Phi) is 5.47. The Bertz CT molecular complexity index is 1320. The van der Waals surface area contributed by atoms with Gasteiger partial charge in [-0.15, -0.1) is 0 Å². The number of hydrogen-bond donors (Lipinski definition) is 1. The highest BCUT2D eigenvalue weighted by molar-refractivity contribution is 7.92. The molecule has 0 bridgehead atoms. The number of halogens is 1. The van der Waals surface area contributed by atoms with E-state index in [4.69, 9.17) is 16.3 Å². The molecular formula is C20H16ClN5O3S. The van der Waals surface area contributed by atoms with Gasteiger partial charge in [0.15, 0.2) is 17.2 Å². The molecule has 0 fully saturated rings. The van der Waals surface area contributed by atoms with Crippen LogP contribution in [0.15, 0.2) is 66.2 Å². The summed E-state index contributed by atoms with van der Waals surface area (Å²) in [6.07, 6.45) is 6.23. The molecule has 4 aromatic rings. The van der Waals surface area contributed by atoms with Crippen molar-refractivity contribution < 1.29 is 13.2 Å². The maximum Gasteiger partial charge on any atom is 0.263 e. The van der Waals surface area contributed by atoms with Crippen LogP contribution < -0.4 is 9.46 Å². The molecule has 0 aliphatic carbocycles. The number of pyridine rings is 2. The molecule has 152 valence electrons. The third-order valence-electron chi connectivity index (χ3n) is 4.31. The molecule has 0 aliphatic rings. The van der Waals surface area contributed by atoms with Gasteiger partial charge in [-0.25, -0.2) is 23.4 Å². The number of aromatic nitrogens is 4. The molecule has 0 saturated heterocycles. The van der Waals surface area contributed by atoms with Gasteiger partial charge in [0.1, 0.15) is 12.9 Å². The summed E-state index contributed by atoms with van der Waals surface area (Å²) in [7, 11) is -3.97. The number of nitrogens with one attached hydrogen (secondary N) is 1. The van der Waals surface area contributed by atoms with Gasteiger partial charge in [0.05, 0.1) is 4.90 Å². The smallest absolute Gasteiger partial charge is 0.263 e. The monoisotopic (exact) mass is 441 g/mol. The maximum absolute atomic E-state index is 13.0. The van der Waals surface area contributed by atoms with Crippen LogP contribution in [0.4, 0.5) is 5.82 Å². The Morgan fingerprint density at radius 1 is 1.13 bits per heavy atom. The summed E-state index contributed by atoms with van der Waals surface area (Å²) < 4.78 is 34.4. The lowest BCUT2D eigenvalue weighted by atomic mass is 10.2. The van der Waals surface area contributed by atoms with Crippen molar-refractivity contribution in [3.8, 4) is 5.75 Å². The van der Waals surface area contributed by atoms with Crippen molar-refractivity contribution in [2.45, 2.75) is 18.4 Å². The molecule has 0 atom stereocenters. The van der Waals surface area contributed by atoms with Crippen molar-refractivity contribution in [2.24, 2.45) is 0 Å². The van der Waals surface area contributed by atoms with E-state index in [1.54, 1.807) is 49.8 Å². The van der Waals surface area contributed by atoms with Crippen LogP contribution in [0.5, 0.6) is 5.75 Å². The fourth-order valence-corrected chi connectivity index (χ4v) is 4.30. The molecule has 0 radical (unpaired) electrons. The minimum Gasteiger partial charge on any atom is -0.485 e. The van der Waals surface area contributed by atoms with Gasteiger partial charge in [-0.3, -0.25) is 9.71 Å². The van der Waals surface area contributed by atoms with Gasteiger partial charge >= 0.3 is 0 Å². The van der Waals surface area contributed by atoms with Gasteiger partial charge in [-0.05, 0) is 36.8 Å². The predicted molar refractivity (Wildman–Crippen MR) is 113 cm³/mol. The molecule has 4 rings (SSSR count). The molecule has 30 heavy (non-hydrogen) atoms. The topological polar surface area (TPSA) is 107 Å². The third kappa shape index (κ3) is 4.17. The van der Waals surface area contributed by atoms with Crippen LogP contribution in [0.25, 0.3) is 11.0 Å². The highest BCUT2D eigenvalue weighted by atomic mass is 35.5. The van der Waals surface area contributed by atoms with Crippen LogP contribution in [0, 0.1) is 6.92 Å². The summed E-state index contributed by atoms with van der Waals surface area (Å²) in [5.41, 5.74) is 1.59. The number of hydrogen-bond acceptors (Lipinski definition) is 7. The summed E-state index contributed by atoms with van der Waals surface area (Å²) in [6, 6.07) is 9.96. The van der Waals surface area contributed by atoms with Crippen LogP contribution in [0.2, 0.25) is 5.02 Å². The van der Waals surface area contributed by atoms with Gasteiger partial charge in [0, 0.05) is 34.6 Å². The van der Waals surface area contributed by atoms with Crippen LogP contribution >= 0.6 is 11.6 Å². The van der Waals surface area contributed by atoms with Crippen LogP contribution in [-0.2, 0) is 16.6 Å². The quantitative estimate of drug-likeness (QED) is 0.485. The normalized spacial score (nSPS) is 11.4. The SMILES string of the molecule is Cc1c(Cl)cccc1S(=O)(=O)Nc1nc2ncncc2cc1OCc1cccnc1. The van der Waals surface area contributed by atoms with E-state index in [2.05, 4.69) is 24.7 Å². The second-order valence-electron chi connectivity index (χ2n) is 6.39. The van der Waals surface area contributed by atoms with E-state index in [1.807, 2.05) is 6.07 Å². The highest BCUT2D eigenvalue weighted by Gasteiger charge is 2.22. The maximum atomic E-state index is 13.0. The number of sulfonamides is 1. The fourth-order valence-electron chi connectivity index (χ4n) is 2.79. The van der Waals surface area contributed by atoms with Gasteiger partial charge < -0.3 is 4.74 Å². The molecule has 3 aromatic heterocycles. The van der Waals surface area contributed by atoms with Crippen molar-refractivity contribution in [1.82, 2.24) is 19.9 Å². The highest BCUT2D eigenvalue weighted by Crippen LogP contribution is 2.30. The number of fused-ring (bicyclic) bond motifs is 1. The standard InChI is InChI=1S/C20H16ClN5O3S/c1-13-16(21)5-2-6-18(13)30(27,28)26-20-17(29-11-14-4-3-7-22-9-14)8-15-10-23-12-24-19(15)25-20/h2-10,12H,11H2,1H3,(H,23,24,25,26). The molecule has 0 unspecified atom stereocenters. The Labute approximate surface area is 178 Å². The summed E-state index contributed by atoms with van der Waals surface area (Å²) >= 11 is 6.09. The zero-order chi connectivity index (χ0) is 21.1. The summed E-state index contributed by atoms with van der Waals surface area (Å²) in [5.74, 6) is 0.258. The summed E-state index contributed by atoms with van der Waals surface area (Å²) in [6.45, 7) is 1.82. The van der Waals surface area contributed by atoms with Crippen LogP contribution in [-0.4, -0.2) is 28.4 Å². The lowest BCUT2D eigenvalue weighted by Crippen LogP contribution is -2.16. The van der Waals surface area contributed by atoms with Crippen molar-refractivity contribution in [3.63, 3.8) is 0 Å². The summed E-state index contributed by atoms with van der Waals surface area (Å²) in [5, 5.41) is 0.964. The molecule has 1 aromatic carbocycles. The Morgan fingerprint density at radius 2 is 2.00 bits per heavy atom. The molecule has 8 nitrogen and oxygen atoms in total. The van der Waals surface area contributed by atoms with Crippen molar-refractivity contribution in [1.29, 1.82) is 0 Å². The van der Waals surface area contributed by atoms with E-state index >= 15 is 0 Å². The number of benzene rings is 1. The van der Waals surface area contributed by atoms with Crippen molar-refractivity contribution >= 4 is 38.5 Å². The number of anilines is 1. The van der Waals surface area contributed by atoms with E-state index in [-0.39, 0.29) is 23.1 Å². The zero-order valence-corrected chi connectivity index (χ0v) is 17.4. The largest absolute Gasteiger partial charge is 0.485 e. The van der Waals surface area contributed by atoms with Gasteiger partial charge in [0.2, 0.25) is 0 Å². The van der Waals surface area contributed by atoms with Crippen LogP contribution in [0.1, 0.15) is 11.1 Å². The Hall–Kier alpha value is -3.30. The van der Waals surface area contributed by atoms with Crippen LogP contribution in [0.3, 0.4) is 0 Å². The predicted octanol–water partition coefficient (Wildman–Crippen LogP) is 3.76. The molecule has 0 saturated carbocycles. The lowest BCUT2D eigenvalue weighted by Gasteiger charge is -2.15. The average Bonchev–Trinajstić information content (AvgIpc) is 2.74. The third-order valence-corrected chi connectivity index (χ3v) is 6.20. The first-order chi connectivity index (χ1) is 14.4. The van der Waals surface area contributed by atoms with Gasteiger partial charge in [0.25, 0.3) is 10.0 Å². The van der Waals surface area contributed by atoms with E-state index < -0.39 is 10.0 Å². The second-order valence-corrected chi connectivity index (χ2v) is 8.45. The first kappa shape index (κ1) is 20.0. The molecule has 0 spiro atoms. The van der Waals surface area contributed by atoms with E-state index in [0.717, 1.165) is 5.56 Å². The molecule has 0 amide bonds. The molecule has 10 heteroatoms. The average molecular weight is 442 g/mol. The van der Waals surface area contributed by atoms with Gasteiger partial charge in [-0.2, -0.15) is 0 Å². The number of rotatable bonds is 6. The Morgan fingerprint density at radius 3 is 2.80 bits per heavy atom. The van der Waals surface area contributed by atoms with Gasteiger partial charge in [-0.1, -0.05) is 23.7 Å². The molecule has 3 heterocycles. The minimum absolute atomic E-state index is 0.0180. The molecule has 1 N–H and O–H groups in total. The van der Waals surface area contributed by atoms with E-state index in [1.165, 1.54) is 12.4 Å². The fraction of sp³-hybridized carbons (Fsp3) is 0.100. The Balaban J connectivity index is 1.73. The summed E-state index contributed by atoms with van der Waals surface area (Å²) in [4.78, 5) is 16.5.